The SMILES string of the molecule is COc1cc(N2CCC(N3CCN(C(=O)CCOCCOCCOCCOCCC(=O)NC(C(=O)N4CC(O)CC4C(=O)NCc4ccc(-c5scnc5C)cc4)C(C)(C)C)CC3)CC2)ccc1Nc1ncc(Cl)c(Nc2ccccc2P(C)(C)=O)n1. The van der Waals surface area contributed by atoms with Crippen LogP contribution >= 0.6 is 30.1 Å². The highest BCUT2D eigenvalue weighted by Gasteiger charge is 2.44. The van der Waals surface area contributed by atoms with E-state index in [2.05, 4.69) is 52.1 Å². The monoisotopic (exact) mass is 1260 g/mol. The lowest BCUT2D eigenvalue weighted by atomic mass is 9.85. The molecular weight excluding hydrogens is 1170 g/mol. The summed E-state index contributed by atoms with van der Waals surface area (Å²) in [6.07, 6.45) is 3.10. The molecule has 0 aliphatic carbocycles. The Morgan fingerprint density at radius 2 is 1.47 bits per heavy atom. The van der Waals surface area contributed by atoms with Crippen molar-refractivity contribution in [1.82, 2.24) is 40.3 Å². The number of benzene rings is 3. The summed E-state index contributed by atoms with van der Waals surface area (Å²) < 4.78 is 41.4. The fraction of sp³-hybridized carbons (Fsp3) is 0.532. The first kappa shape index (κ1) is 66.7. The van der Waals surface area contributed by atoms with Crippen molar-refractivity contribution >= 4 is 87.8 Å². The van der Waals surface area contributed by atoms with Gasteiger partial charge in [-0.1, -0.05) is 68.8 Å². The van der Waals surface area contributed by atoms with Crippen molar-refractivity contribution < 1.29 is 52.5 Å². The predicted molar refractivity (Wildman–Crippen MR) is 340 cm³/mol. The fourth-order valence-electron chi connectivity index (χ4n) is 10.9. The summed E-state index contributed by atoms with van der Waals surface area (Å²) in [7, 11) is -0.933. The molecule has 22 nitrogen and oxygen atoms in total. The number of hydrogen-bond acceptors (Lipinski definition) is 19. The number of piperidine rings is 1. The number of likely N-dealkylation sites (tertiary alicyclic amines) is 1. The first-order chi connectivity index (χ1) is 41.7. The maximum atomic E-state index is 14.0. The Bertz CT molecular complexity index is 3130. The van der Waals surface area contributed by atoms with Gasteiger partial charge in [-0.25, -0.2) is 9.97 Å². The van der Waals surface area contributed by atoms with Crippen molar-refractivity contribution in [3.05, 3.63) is 94.7 Å². The van der Waals surface area contributed by atoms with Gasteiger partial charge >= 0.3 is 0 Å². The van der Waals surface area contributed by atoms with Gasteiger partial charge in [0.05, 0.1) is 106 Å². The van der Waals surface area contributed by atoms with Gasteiger partial charge < -0.3 is 69.3 Å². The number of aromatic nitrogens is 3. The van der Waals surface area contributed by atoms with E-state index in [0.717, 1.165) is 66.4 Å². The number of piperazine rings is 1. The molecule has 25 heteroatoms. The van der Waals surface area contributed by atoms with Crippen LogP contribution in [0, 0.1) is 12.3 Å². The van der Waals surface area contributed by atoms with Crippen LogP contribution in [0.4, 0.5) is 28.8 Å². The van der Waals surface area contributed by atoms with Gasteiger partial charge in [-0.15, -0.1) is 11.3 Å². The van der Waals surface area contributed by atoms with Crippen molar-refractivity contribution in [2.24, 2.45) is 5.41 Å². The molecule has 3 aliphatic heterocycles. The van der Waals surface area contributed by atoms with Crippen LogP contribution in [0.15, 0.2) is 78.4 Å². The van der Waals surface area contributed by atoms with Crippen molar-refractivity contribution in [1.29, 1.82) is 0 Å². The quantitative estimate of drug-likeness (QED) is 0.0237. The number of rotatable bonds is 29. The summed E-state index contributed by atoms with van der Waals surface area (Å²) in [5.74, 6) is 0.289. The lowest BCUT2D eigenvalue weighted by Gasteiger charge is -2.43. The third-order valence-electron chi connectivity index (χ3n) is 15.7. The molecule has 0 bridgehead atoms. The van der Waals surface area contributed by atoms with Gasteiger partial charge in [0.1, 0.15) is 30.0 Å². The zero-order chi connectivity index (χ0) is 62.1. The number of para-hydroxylation sites is 1. The average Bonchev–Trinajstić information content (AvgIpc) is 2.66. The minimum atomic E-state index is -2.57. The average molecular weight is 1260 g/mol. The molecule has 472 valence electrons. The first-order valence-electron chi connectivity index (χ1n) is 29.8. The van der Waals surface area contributed by atoms with Crippen LogP contribution in [0.3, 0.4) is 0 Å². The maximum Gasteiger partial charge on any atom is 0.246 e. The van der Waals surface area contributed by atoms with Gasteiger partial charge in [-0.3, -0.25) is 24.1 Å². The molecule has 3 atom stereocenters. The number of aliphatic hydroxyl groups excluding tert-OH is 1. The standard InChI is InChI=1S/C62H85ClN11O11PS/c1-42-56(87-41-66-42)44-14-12-43(13-15-44)38-64-59(78)51-37-47(75)40-74(51)60(79)57(62(2,3)4)69-54(76)20-28-82-30-32-84-34-35-85-33-31-83-29-21-55(77)73-26-24-72(25-27-73)45-18-22-71(23-19-45)46-16-17-49(52(36-46)81-5)68-61-65-39-48(63)58(70-61)67-50-10-8-9-11-53(50)86(6,7)80/h8-17,36,39,41,45,47,51,57,75H,18-35,37-38,40H2,1-7H3,(H,64,78)(H,69,76)(H2,65,67,68,70). The summed E-state index contributed by atoms with van der Waals surface area (Å²) in [4.78, 5) is 76.3. The number of nitrogens with zero attached hydrogens (tertiary/aromatic N) is 7. The highest BCUT2D eigenvalue weighted by Crippen LogP contribution is 2.39. The van der Waals surface area contributed by atoms with Crippen LogP contribution in [0.25, 0.3) is 10.4 Å². The van der Waals surface area contributed by atoms with Gasteiger partial charge in [0.2, 0.25) is 29.6 Å². The summed E-state index contributed by atoms with van der Waals surface area (Å²) in [6.45, 7) is 18.5. The topological polar surface area (TPSA) is 251 Å². The van der Waals surface area contributed by atoms with Gasteiger partial charge in [0.15, 0.2) is 5.82 Å². The number of amides is 4. The van der Waals surface area contributed by atoms with Gasteiger partial charge in [-0.05, 0) is 73.9 Å². The predicted octanol–water partition coefficient (Wildman–Crippen LogP) is 7.07. The number of nitrogens with one attached hydrogen (secondary N) is 4. The Hall–Kier alpha value is -6.27. The molecule has 0 radical (unpaired) electrons. The second-order valence-corrected chi connectivity index (χ2v) is 27.9. The number of anilines is 5. The molecule has 87 heavy (non-hydrogen) atoms. The molecule has 3 fully saturated rings. The van der Waals surface area contributed by atoms with E-state index in [-0.39, 0.29) is 56.9 Å². The van der Waals surface area contributed by atoms with Gasteiger partial charge in [0, 0.05) is 88.3 Å². The van der Waals surface area contributed by atoms with Crippen LogP contribution in [-0.4, -0.2) is 202 Å². The molecule has 0 saturated carbocycles. The number of aryl methyl sites for hydroxylation is 1. The highest BCUT2D eigenvalue weighted by molar-refractivity contribution is 7.70. The van der Waals surface area contributed by atoms with Crippen LogP contribution in [0.1, 0.15) is 64.1 Å². The van der Waals surface area contributed by atoms with Crippen LogP contribution in [-0.2, 0) is 49.2 Å². The van der Waals surface area contributed by atoms with Crippen molar-refractivity contribution in [2.75, 3.05) is 135 Å². The molecule has 0 spiro atoms. The summed E-state index contributed by atoms with van der Waals surface area (Å²) in [5, 5.41) is 23.9. The number of β-amino-alcohol motifs (C(OH)–C–C–N with tert-alkyl or cyclic N) is 1. The Balaban J connectivity index is 0.635. The van der Waals surface area contributed by atoms with E-state index in [0.29, 0.717) is 104 Å². The Morgan fingerprint density at radius 3 is 2.10 bits per heavy atom. The van der Waals surface area contributed by atoms with E-state index in [1.165, 1.54) is 11.1 Å². The van der Waals surface area contributed by atoms with Crippen LogP contribution in [0.2, 0.25) is 5.02 Å². The second-order valence-electron chi connectivity index (χ2n) is 23.4. The minimum absolute atomic E-state index is 0.0112. The highest BCUT2D eigenvalue weighted by atomic mass is 35.5. The number of carbonyl (C=O) groups excluding carboxylic acids is 4. The van der Waals surface area contributed by atoms with Crippen LogP contribution in [0.5, 0.6) is 5.75 Å². The Morgan fingerprint density at radius 1 is 0.816 bits per heavy atom. The third kappa shape index (κ3) is 19.1. The normalized spacial score (nSPS) is 17.3. The van der Waals surface area contributed by atoms with Crippen molar-refractivity contribution in [3.63, 3.8) is 0 Å². The van der Waals surface area contributed by atoms with Crippen molar-refractivity contribution in [2.45, 2.75) is 90.6 Å². The summed E-state index contributed by atoms with van der Waals surface area (Å²) in [5.41, 5.74) is 6.47. The Labute approximate surface area is 519 Å². The fourth-order valence-corrected chi connectivity index (χ4v) is 13.0. The van der Waals surface area contributed by atoms with Crippen molar-refractivity contribution in [3.8, 4) is 16.2 Å². The number of methoxy groups -OCH3 is 1. The number of carbonyl (C=O) groups is 4. The van der Waals surface area contributed by atoms with Crippen LogP contribution < -0.4 is 36.2 Å². The number of thiazole rings is 1. The van der Waals surface area contributed by atoms with E-state index in [9.17, 15) is 28.8 Å². The van der Waals surface area contributed by atoms with E-state index < -0.39 is 36.7 Å². The van der Waals surface area contributed by atoms with E-state index >= 15 is 0 Å². The molecular formula is C62H85ClN11O11PS. The molecule has 5 N–H and O–H groups in total. The minimum Gasteiger partial charge on any atom is -0.494 e. The molecule has 3 aromatic carbocycles. The number of aliphatic hydroxyl groups is 1. The molecule has 8 rings (SSSR count). The van der Waals surface area contributed by atoms with E-state index in [1.54, 1.807) is 31.8 Å². The molecule has 5 heterocycles. The first-order valence-corrected chi connectivity index (χ1v) is 33.6. The number of hydrogen-bond donors (Lipinski definition) is 5. The van der Waals surface area contributed by atoms with E-state index in [1.807, 2.05) is 98.8 Å². The Kier molecular flexibility index (Phi) is 24.3. The third-order valence-corrected chi connectivity index (χ3v) is 18.5. The molecule has 3 aliphatic rings. The smallest absolute Gasteiger partial charge is 0.246 e. The zero-order valence-electron chi connectivity index (χ0n) is 51.1. The lowest BCUT2D eigenvalue weighted by Crippen LogP contribution is -2.57. The number of ether oxygens (including phenoxy) is 5. The molecule has 2 aromatic heterocycles. The van der Waals surface area contributed by atoms with E-state index in [4.69, 9.17) is 35.3 Å². The molecule has 3 saturated heterocycles. The van der Waals surface area contributed by atoms with Gasteiger partial charge in [0.25, 0.3) is 0 Å². The molecule has 3 unspecified atom stereocenters. The zero-order valence-corrected chi connectivity index (χ0v) is 53.5. The lowest BCUT2D eigenvalue weighted by molar-refractivity contribution is -0.144. The number of halogens is 1. The van der Waals surface area contributed by atoms with Gasteiger partial charge in [-0.2, -0.15) is 4.98 Å². The summed E-state index contributed by atoms with van der Waals surface area (Å²) >= 11 is 8.07. The largest absolute Gasteiger partial charge is 0.494 e. The second kappa shape index (κ2) is 31.8. The maximum absolute atomic E-state index is 14.0. The summed E-state index contributed by atoms with van der Waals surface area (Å²) in [6, 6.07) is 20.0. The molecule has 5 aromatic rings. The molecule has 4 amide bonds.